The summed E-state index contributed by atoms with van der Waals surface area (Å²) in [5.74, 6) is 0. The smallest absolute Gasteiger partial charge is 0.418 e. The second kappa shape index (κ2) is 5.36. The Balaban J connectivity index is 0.000000292. The van der Waals surface area contributed by atoms with Crippen LogP contribution < -0.4 is 4.79 Å². The molecule has 1 rings (SSSR count). The molecular weight excluding hydrogens is 251 g/mol. The van der Waals surface area contributed by atoms with Crippen LogP contribution in [0.5, 0.6) is 0 Å². The van der Waals surface area contributed by atoms with Crippen molar-refractivity contribution in [2.75, 3.05) is 0 Å². The monoisotopic (exact) mass is 253 g/mol. The SMILES string of the molecule is F[B-](F)(F)F.F[n+]1cc(Cl)cc(Cl)c1. The largest absolute Gasteiger partial charge is 0.673 e. The average Bonchev–Trinajstić information content (AvgIpc) is 1.77. The molecule has 0 atom stereocenters. The van der Waals surface area contributed by atoms with Crippen molar-refractivity contribution in [3.05, 3.63) is 28.5 Å². The predicted molar refractivity (Wildman–Crippen MR) is 43.3 cm³/mol. The van der Waals surface area contributed by atoms with E-state index >= 15 is 0 Å². The van der Waals surface area contributed by atoms with Gasteiger partial charge in [0.2, 0.25) is 12.4 Å². The molecule has 0 radical (unpaired) electrons. The molecule has 0 saturated heterocycles. The molecule has 1 aromatic heterocycles. The highest BCUT2D eigenvalue weighted by atomic mass is 35.5. The summed E-state index contributed by atoms with van der Waals surface area (Å²) >= 11 is 10.8. The van der Waals surface area contributed by atoms with Gasteiger partial charge in [0, 0.05) is 4.79 Å². The van der Waals surface area contributed by atoms with E-state index in [1.54, 1.807) is 0 Å². The Morgan fingerprint density at radius 3 is 1.50 bits per heavy atom. The normalized spacial score (nSPS) is 10.5. The van der Waals surface area contributed by atoms with Crippen LogP contribution in [0.25, 0.3) is 0 Å². The second-order valence-electron chi connectivity index (χ2n) is 2.01. The summed E-state index contributed by atoms with van der Waals surface area (Å²) < 4.78 is 51.2. The van der Waals surface area contributed by atoms with Gasteiger partial charge in [0.15, 0.2) is 0 Å². The summed E-state index contributed by atoms with van der Waals surface area (Å²) in [4.78, 5) is 0.310. The molecule has 0 fully saturated rings. The zero-order valence-electron chi connectivity index (χ0n) is 6.40. The third-order valence-corrected chi connectivity index (χ3v) is 1.18. The molecule has 1 aromatic rings. The lowest BCUT2D eigenvalue weighted by molar-refractivity contribution is -0.843. The number of hydrogen-bond donors (Lipinski definition) is 0. The molecule has 1 nitrogen and oxygen atoms in total. The van der Waals surface area contributed by atoms with Gasteiger partial charge in [0.25, 0.3) is 0 Å². The molecule has 0 aliphatic heterocycles. The highest BCUT2D eigenvalue weighted by Crippen LogP contribution is 2.11. The van der Waals surface area contributed by atoms with Gasteiger partial charge in [-0.3, -0.25) is 0 Å². The van der Waals surface area contributed by atoms with E-state index in [0.29, 0.717) is 4.79 Å². The van der Waals surface area contributed by atoms with Gasteiger partial charge < -0.3 is 17.3 Å². The molecule has 14 heavy (non-hydrogen) atoms. The van der Waals surface area contributed by atoms with Crippen molar-refractivity contribution in [3.63, 3.8) is 0 Å². The number of aromatic nitrogens is 1. The first-order valence-corrected chi connectivity index (χ1v) is 3.85. The molecule has 80 valence electrons. The summed E-state index contributed by atoms with van der Waals surface area (Å²) in [7, 11) is -6.00. The third-order valence-electron chi connectivity index (χ3n) is 0.769. The Morgan fingerprint density at radius 2 is 1.29 bits per heavy atom. The number of pyridine rings is 1. The molecule has 0 saturated carbocycles. The Hall–Kier alpha value is -0.555. The molecule has 0 aliphatic rings. The van der Waals surface area contributed by atoms with Crippen molar-refractivity contribution in [1.29, 1.82) is 0 Å². The maximum atomic E-state index is 12.2. The van der Waals surface area contributed by atoms with Gasteiger partial charge in [-0.2, -0.15) is 0 Å². The molecular formula is C5H3BCl2F5N. The zero-order valence-corrected chi connectivity index (χ0v) is 7.91. The van der Waals surface area contributed by atoms with Gasteiger partial charge in [-0.05, 0) is 6.07 Å². The van der Waals surface area contributed by atoms with Crippen LogP contribution in [0.2, 0.25) is 10.0 Å². The minimum atomic E-state index is -6.00. The summed E-state index contributed by atoms with van der Waals surface area (Å²) in [6.07, 6.45) is 2.24. The van der Waals surface area contributed by atoms with Crippen LogP contribution in [0.1, 0.15) is 0 Å². The van der Waals surface area contributed by atoms with Gasteiger partial charge in [0.1, 0.15) is 10.0 Å². The van der Waals surface area contributed by atoms with E-state index in [1.165, 1.54) is 6.07 Å². The summed E-state index contributed by atoms with van der Waals surface area (Å²) in [6.45, 7) is 0. The van der Waals surface area contributed by atoms with E-state index in [4.69, 9.17) is 23.2 Å². The van der Waals surface area contributed by atoms with Crippen LogP contribution in [0.15, 0.2) is 18.5 Å². The lowest BCUT2D eigenvalue weighted by atomic mass is 10.3. The van der Waals surface area contributed by atoms with Crippen LogP contribution in [-0.4, -0.2) is 7.25 Å². The van der Waals surface area contributed by atoms with Crippen molar-refractivity contribution in [3.8, 4) is 0 Å². The van der Waals surface area contributed by atoms with Crippen LogP contribution in [-0.2, 0) is 0 Å². The van der Waals surface area contributed by atoms with Crippen LogP contribution >= 0.6 is 23.2 Å². The Morgan fingerprint density at radius 1 is 1.00 bits per heavy atom. The van der Waals surface area contributed by atoms with Gasteiger partial charge in [-0.1, -0.05) is 23.2 Å². The fraction of sp³-hybridized carbons (Fsp3) is 0. The third kappa shape index (κ3) is 9.53. The fourth-order valence-corrected chi connectivity index (χ4v) is 0.957. The van der Waals surface area contributed by atoms with Crippen molar-refractivity contribution in [2.45, 2.75) is 0 Å². The maximum Gasteiger partial charge on any atom is 0.673 e. The summed E-state index contributed by atoms with van der Waals surface area (Å²) in [6, 6.07) is 1.46. The summed E-state index contributed by atoms with van der Waals surface area (Å²) in [5, 5.41) is 0.565. The number of hydrogen-bond acceptors (Lipinski definition) is 0. The van der Waals surface area contributed by atoms with E-state index in [1.807, 2.05) is 0 Å². The topological polar surface area (TPSA) is 3.88 Å². The highest BCUT2D eigenvalue weighted by molar-refractivity contribution is 6.50. The summed E-state index contributed by atoms with van der Waals surface area (Å²) in [5.41, 5.74) is 0. The average molecular weight is 254 g/mol. The molecule has 1 heterocycles. The van der Waals surface area contributed by atoms with Crippen LogP contribution in [0.4, 0.5) is 21.7 Å². The Bertz CT molecular complexity index is 248. The lowest BCUT2D eigenvalue weighted by Gasteiger charge is -1.94. The fourth-order valence-electron chi connectivity index (χ4n) is 0.479. The predicted octanol–water partition coefficient (Wildman–Crippen LogP) is 3.31. The number of rotatable bonds is 0. The molecule has 0 spiro atoms. The maximum absolute atomic E-state index is 12.2. The first-order valence-electron chi connectivity index (χ1n) is 3.09. The van der Waals surface area contributed by atoms with E-state index in [-0.39, 0.29) is 10.0 Å². The highest BCUT2D eigenvalue weighted by Gasteiger charge is 2.20. The van der Waals surface area contributed by atoms with Crippen LogP contribution in [0.3, 0.4) is 0 Å². The minimum Gasteiger partial charge on any atom is -0.418 e. The van der Waals surface area contributed by atoms with Gasteiger partial charge >= 0.3 is 7.25 Å². The Kier molecular flexibility index (Phi) is 5.14. The van der Waals surface area contributed by atoms with Gasteiger partial charge in [0.05, 0.1) is 4.48 Å². The van der Waals surface area contributed by atoms with E-state index in [2.05, 4.69) is 0 Å². The molecule has 0 unspecified atom stereocenters. The molecule has 9 heteroatoms. The number of nitrogens with zero attached hydrogens (tertiary/aromatic N) is 1. The quantitative estimate of drug-likeness (QED) is 0.493. The number of halogens is 7. The molecule has 0 bridgehead atoms. The van der Waals surface area contributed by atoms with Gasteiger partial charge in [-0.15, -0.1) is 0 Å². The minimum absolute atomic E-state index is 0.282. The molecule has 0 N–H and O–H groups in total. The molecule has 0 aromatic carbocycles. The van der Waals surface area contributed by atoms with E-state index in [0.717, 1.165) is 12.4 Å². The van der Waals surface area contributed by atoms with Crippen molar-refractivity contribution < 1.29 is 26.5 Å². The zero-order chi connectivity index (χ0) is 11.4. The van der Waals surface area contributed by atoms with Crippen LogP contribution in [0, 0.1) is 0 Å². The van der Waals surface area contributed by atoms with E-state index in [9.17, 15) is 21.7 Å². The van der Waals surface area contributed by atoms with Crippen molar-refractivity contribution >= 4 is 30.5 Å². The first kappa shape index (κ1) is 13.4. The lowest BCUT2D eigenvalue weighted by Crippen LogP contribution is -2.20. The standard InChI is InChI=1S/C5H3Cl2FN.BF4/c6-4-1-5(7)3-9(8)2-4;2-1(3,4)5/h1-3H;/q+1;-1. The van der Waals surface area contributed by atoms with Gasteiger partial charge in [-0.25, -0.2) is 0 Å². The first-order chi connectivity index (χ1) is 6.18. The second-order valence-corrected chi connectivity index (χ2v) is 2.88. The van der Waals surface area contributed by atoms with E-state index < -0.39 is 7.25 Å². The van der Waals surface area contributed by atoms with Crippen molar-refractivity contribution in [2.24, 2.45) is 0 Å². The van der Waals surface area contributed by atoms with Crippen molar-refractivity contribution in [1.82, 2.24) is 0 Å². The molecule has 0 aliphatic carbocycles. The Labute approximate surface area is 86.1 Å². The molecule has 0 amide bonds.